The molecule has 0 amide bonds. The monoisotopic (exact) mass is 210 g/mol. The Balaban J connectivity index is 2.01. The molecule has 78 valence electrons. The Kier molecular flexibility index (Phi) is 3.19. The Bertz CT molecular complexity index is 300. The van der Waals surface area contributed by atoms with E-state index in [0.29, 0.717) is 6.04 Å². The second-order valence-electron chi connectivity index (χ2n) is 3.97. The minimum absolute atomic E-state index is 0.685. The standard InChI is InChI=1S/C11H18N2S/c1-3-10-8(2)13-11(14-10)7-9-5-4-6-12-9/h9,12H,3-7H2,1-2H3. The Morgan fingerprint density at radius 2 is 2.43 bits per heavy atom. The first-order valence-electron chi connectivity index (χ1n) is 5.48. The third-order valence-corrected chi connectivity index (χ3v) is 4.17. The zero-order chi connectivity index (χ0) is 9.97. The Hall–Kier alpha value is -0.410. The van der Waals surface area contributed by atoms with Crippen LogP contribution in [0.25, 0.3) is 0 Å². The molecule has 1 fully saturated rings. The second kappa shape index (κ2) is 4.41. The lowest BCUT2D eigenvalue weighted by molar-refractivity contribution is 0.601. The van der Waals surface area contributed by atoms with E-state index < -0.39 is 0 Å². The van der Waals surface area contributed by atoms with Crippen molar-refractivity contribution in [3.8, 4) is 0 Å². The van der Waals surface area contributed by atoms with Gasteiger partial charge in [0.15, 0.2) is 0 Å². The molecule has 2 heterocycles. The van der Waals surface area contributed by atoms with Gasteiger partial charge in [-0.3, -0.25) is 0 Å². The van der Waals surface area contributed by atoms with Gasteiger partial charge in [-0.15, -0.1) is 11.3 Å². The average molecular weight is 210 g/mol. The minimum atomic E-state index is 0.685. The van der Waals surface area contributed by atoms with E-state index in [1.807, 2.05) is 11.3 Å². The van der Waals surface area contributed by atoms with E-state index in [1.54, 1.807) is 0 Å². The van der Waals surface area contributed by atoms with Crippen molar-refractivity contribution in [2.45, 2.75) is 45.6 Å². The third kappa shape index (κ3) is 2.15. The topological polar surface area (TPSA) is 24.9 Å². The van der Waals surface area contributed by atoms with E-state index in [4.69, 9.17) is 0 Å². The lowest BCUT2D eigenvalue weighted by atomic mass is 10.2. The fraction of sp³-hybridized carbons (Fsp3) is 0.727. The molecular formula is C11H18N2S. The van der Waals surface area contributed by atoms with Crippen LogP contribution in [0, 0.1) is 6.92 Å². The first-order valence-corrected chi connectivity index (χ1v) is 6.29. The highest BCUT2D eigenvalue weighted by Gasteiger charge is 2.16. The van der Waals surface area contributed by atoms with Crippen LogP contribution in [-0.4, -0.2) is 17.6 Å². The van der Waals surface area contributed by atoms with Crippen molar-refractivity contribution in [1.29, 1.82) is 0 Å². The summed E-state index contributed by atoms with van der Waals surface area (Å²) >= 11 is 1.90. The SMILES string of the molecule is CCc1sc(CC2CCCN2)nc1C. The summed E-state index contributed by atoms with van der Waals surface area (Å²) in [7, 11) is 0. The Morgan fingerprint density at radius 3 is 3.00 bits per heavy atom. The summed E-state index contributed by atoms with van der Waals surface area (Å²) in [6, 6.07) is 0.685. The maximum absolute atomic E-state index is 4.62. The number of hydrogen-bond donors (Lipinski definition) is 1. The predicted octanol–water partition coefficient (Wildman–Crippen LogP) is 2.31. The van der Waals surface area contributed by atoms with Crippen molar-refractivity contribution < 1.29 is 0 Å². The summed E-state index contributed by atoms with van der Waals surface area (Å²) in [4.78, 5) is 6.08. The first-order chi connectivity index (χ1) is 6.79. The van der Waals surface area contributed by atoms with Gasteiger partial charge < -0.3 is 5.32 Å². The molecule has 1 aliphatic rings. The van der Waals surface area contributed by atoms with Crippen LogP contribution in [0.2, 0.25) is 0 Å². The molecule has 1 N–H and O–H groups in total. The second-order valence-corrected chi connectivity index (χ2v) is 5.14. The quantitative estimate of drug-likeness (QED) is 0.828. The molecule has 1 aromatic heterocycles. The molecule has 0 aromatic carbocycles. The highest BCUT2D eigenvalue weighted by Crippen LogP contribution is 2.21. The minimum Gasteiger partial charge on any atom is -0.314 e. The van der Waals surface area contributed by atoms with Crippen molar-refractivity contribution in [1.82, 2.24) is 10.3 Å². The molecule has 3 heteroatoms. The van der Waals surface area contributed by atoms with Gasteiger partial charge in [-0.25, -0.2) is 4.98 Å². The van der Waals surface area contributed by atoms with Crippen LogP contribution in [0.5, 0.6) is 0 Å². The van der Waals surface area contributed by atoms with E-state index in [2.05, 4.69) is 24.1 Å². The van der Waals surface area contributed by atoms with Gasteiger partial charge in [-0.05, 0) is 32.7 Å². The summed E-state index contributed by atoms with van der Waals surface area (Å²) in [5.41, 5.74) is 1.24. The molecule has 1 aliphatic heterocycles. The molecule has 0 aliphatic carbocycles. The molecule has 0 bridgehead atoms. The number of aryl methyl sites for hydroxylation is 2. The van der Waals surface area contributed by atoms with Gasteiger partial charge in [0.05, 0.1) is 10.7 Å². The van der Waals surface area contributed by atoms with E-state index >= 15 is 0 Å². The van der Waals surface area contributed by atoms with Gasteiger partial charge in [0.1, 0.15) is 0 Å². The van der Waals surface area contributed by atoms with Gasteiger partial charge in [0, 0.05) is 17.3 Å². The van der Waals surface area contributed by atoms with E-state index in [1.165, 1.54) is 35.0 Å². The van der Waals surface area contributed by atoms with E-state index in [9.17, 15) is 0 Å². The normalized spacial score (nSPS) is 21.7. The fourth-order valence-corrected chi connectivity index (χ4v) is 3.13. The Morgan fingerprint density at radius 1 is 1.57 bits per heavy atom. The van der Waals surface area contributed by atoms with Crippen LogP contribution >= 0.6 is 11.3 Å². The summed E-state index contributed by atoms with van der Waals surface area (Å²) in [5, 5.41) is 4.84. The van der Waals surface area contributed by atoms with Gasteiger partial charge in [-0.2, -0.15) is 0 Å². The average Bonchev–Trinajstić information content (AvgIpc) is 2.76. The number of aromatic nitrogens is 1. The van der Waals surface area contributed by atoms with Crippen molar-refractivity contribution >= 4 is 11.3 Å². The van der Waals surface area contributed by atoms with Gasteiger partial charge >= 0.3 is 0 Å². The lowest BCUT2D eigenvalue weighted by Gasteiger charge is -2.06. The van der Waals surface area contributed by atoms with Crippen molar-refractivity contribution in [3.05, 3.63) is 15.6 Å². The van der Waals surface area contributed by atoms with Crippen LogP contribution in [0.15, 0.2) is 0 Å². The zero-order valence-electron chi connectivity index (χ0n) is 8.97. The number of nitrogens with one attached hydrogen (secondary N) is 1. The molecule has 2 nitrogen and oxygen atoms in total. The zero-order valence-corrected chi connectivity index (χ0v) is 9.78. The molecule has 2 rings (SSSR count). The molecule has 0 saturated carbocycles. The number of hydrogen-bond acceptors (Lipinski definition) is 3. The van der Waals surface area contributed by atoms with E-state index in [0.717, 1.165) is 12.8 Å². The molecule has 1 aromatic rings. The van der Waals surface area contributed by atoms with Crippen LogP contribution in [-0.2, 0) is 12.8 Å². The maximum atomic E-state index is 4.62. The van der Waals surface area contributed by atoms with Gasteiger partial charge in [0.2, 0.25) is 0 Å². The Labute approximate surface area is 89.8 Å². The van der Waals surface area contributed by atoms with Crippen LogP contribution in [0.1, 0.15) is 35.3 Å². The molecule has 0 radical (unpaired) electrons. The van der Waals surface area contributed by atoms with Crippen molar-refractivity contribution in [2.24, 2.45) is 0 Å². The summed E-state index contributed by atoms with van der Waals surface area (Å²) in [6.45, 7) is 5.52. The smallest absolute Gasteiger partial charge is 0.0946 e. The molecule has 1 atom stereocenters. The predicted molar refractivity (Wildman–Crippen MR) is 61.0 cm³/mol. The van der Waals surface area contributed by atoms with Crippen molar-refractivity contribution in [3.63, 3.8) is 0 Å². The largest absolute Gasteiger partial charge is 0.314 e. The highest BCUT2D eigenvalue weighted by molar-refractivity contribution is 7.11. The highest BCUT2D eigenvalue weighted by atomic mass is 32.1. The number of rotatable bonds is 3. The van der Waals surface area contributed by atoms with Crippen LogP contribution in [0.3, 0.4) is 0 Å². The van der Waals surface area contributed by atoms with E-state index in [-0.39, 0.29) is 0 Å². The van der Waals surface area contributed by atoms with Gasteiger partial charge in [0.25, 0.3) is 0 Å². The molecule has 0 spiro atoms. The summed E-state index contributed by atoms with van der Waals surface area (Å²) in [6.07, 6.45) is 4.91. The van der Waals surface area contributed by atoms with Crippen LogP contribution < -0.4 is 5.32 Å². The van der Waals surface area contributed by atoms with Crippen molar-refractivity contribution in [2.75, 3.05) is 6.54 Å². The lowest BCUT2D eigenvalue weighted by Crippen LogP contribution is -2.23. The molecular weight excluding hydrogens is 192 g/mol. The molecule has 1 unspecified atom stereocenters. The molecule has 1 saturated heterocycles. The number of thiazole rings is 1. The molecule has 14 heavy (non-hydrogen) atoms. The third-order valence-electron chi connectivity index (χ3n) is 2.84. The fourth-order valence-electron chi connectivity index (χ4n) is 2.05. The summed E-state index contributed by atoms with van der Waals surface area (Å²) < 4.78 is 0. The number of nitrogens with zero attached hydrogens (tertiary/aromatic N) is 1. The van der Waals surface area contributed by atoms with Gasteiger partial charge in [-0.1, -0.05) is 6.92 Å². The first kappa shape index (κ1) is 10.1. The maximum Gasteiger partial charge on any atom is 0.0946 e. The summed E-state index contributed by atoms with van der Waals surface area (Å²) in [5.74, 6) is 0. The van der Waals surface area contributed by atoms with Crippen LogP contribution in [0.4, 0.5) is 0 Å².